The minimum atomic E-state index is -0.240. The van der Waals surface area contributed by atoms with Crippen molar-refractivity contribution in [3.8, 4) is 17.1 Å². The lowest BCUT2D eigenvalue weighted by molar-refractivity contribution is -0.118. The maximum absolute atomic E-state index is 12.7. The average Bonchev–Trinajstić information content (AvgIpc) is 3.35. The van der Waals surface area contributed by atoms with Crippen molar-refractivity contribution in [2.45, 2.75) is 12.1 Å². The zero-order valence-electron chi connectivity index (χ0n) is 19.3. The maximum Gasteiger partial charge on any atom is 0.250 e. The molecule has 5 rings (SSSR count). The molecule has 2 heterocycles. The van der Waals surface area contributed by atoms with Crippen molar-refractivity contribution in [1.29, 1.82) is 0 Å². The SMILES string of the molecule is CC(=NNC(=O)CSc1nnc(-c2ccncc2)n1-c1ccc(Cl)cc1)c1cccc2ccccc12. The van der Waals surface area contributed by atoms with Crippen molar-refractivity contribution in [1.82, 2.24) is 25.2 Å². The van der Waals surface area contributed by atoms with Crippen LogP contribution in [-0.2, 0) is 4.79 Å². The van der Waals surface area contributed by atoms with E-state index in [4.69, 9.17) is 11.6 Å². The molecule has 0 fully saturated rings. The Hall–Kier alpha value is -4.01. The van der Waals surface area contributed by atoms with E-state index in [1.165, 1.54) is 11.8 Å². The van der Waals surface area contributed by atoms with Crippen LogP contribution < -0.4 is 5.43 Å². The summed E-state index contributed by atoms with van der Waals surface area (Å²) >= 11 is 7.37. The van der Waals surface area contributed by atoms with Crippen molar-refractivity contribution in [2.75, 3.05) is 5.75 Å². The van der Waals surface area contributed by atoms with Crippen molar-refractivity contribution < 1.29 is 4.79 Å². The zero-order chi connectivity index (χ0) is 24.9. The summed E-state index contributed by atoms with van der Waals surface area (Å²) in [5.41, 5.74) is 6.07. The molecule has 0 unspecified atom stereocenters. The number of amides is 1. The fraction of sp³-hybridized carbons (Fsp3) is 0.0741. The van der Waals surface area contributed by atoms with Crippen LogP contribution in [0.2, 0.25) is 5.02 Å². The summed E-state index contributed by atoms with van der Waals surface area (Å²) in [5.74, 6) is 0.525. The van der Waals surface area contributed by atoms with Gasteiger partial charge >= 0.3 is 0 Å². The highest BCUT2D eigenvalue weighted by atomic mass is 35.5. The Morgan fingerprint density at radius 2 is 1.72 bits per heavy atom. The zero-order valence-corrected chi connectivity index (χ0v) is 20.9. The van der Waals surface area contributed by atoms with Crippen LogP contribution in [0.1, 0.15) is 12.5 Å². The molecule has 7 nitrogen and oxygen atoms in total. The quantitative estimate of drug-likeness (QED) is 0.170. The van der Waals surface area contributed by atoms with Gasteiger partial charge in [0.05, 0.1) is 11.5 Å². The predicted octanol–water partition coefficient (Wildman–Crippen LogP) is 5.77. The molecule has 2 aromatic heterocycles. The van der Waals surface area contributed by atoms with Crippen LogP contribution in [0, 0.1) is 0 Å². The summed E-state index contributed by atoms with van der Waals surface area (Å²) in [5, 5.41) is 16.5. The van der Waals surface area contributed by atoms with Gasteiger partial charge in [0.15, 0.2) is 11.0 Å². The number of benzene rings is 3. The van der Waals surface area contributed by atoms with Gasteiger partial charge in [0.25, 0.3) is 5.91 Å². The monoisotopic (exact) mass is 512 g/mol. The largest absolute Gasteiger partial charge is 0.272 e. The second-order valence-corrected chi connectivity index (χ2v) is 9.28. The fourth-order valence-corrected chi connectivity index (χ4v) is 4.65. The maximum atomic E-state index is 12.7. The van der Waals surface area contributed by atoms with Gasteiger partial charge < -0.3 is 0 Å². The van der Waals surface area contributed by atoms with E-state index >= 15 is 0 Å². The van der Waals surface area contributed by atoms with Gasteiger partial charge in [0.1, 0.15) is 0 Å². The van der Waals surface area contributed by atoms with Gasteiger partial charge in [-0.3, -0.25) is 14.3 Å². The van der Waals surface area contributed by atoms with E-state index < -0.39 is 0 Å². The molecule has 0 spiro atoms. The first-order valence-corrected chi connectivity index (χ1v) is 12.5. The minimum Gasteiger partial charge on any atom is -0.272 e. The number of halogens is 1. The van der Waals surface area contributed by atoms with Crippen molar-refractivity contribution >= 4 is 45.8 Å². The number of nitrogens with zero attached hydrogens (tertiary/aromatic N) is 5. The molecule has 1 amide bonds. The molecule has 0 aliphatic carbocycles. The van der Waals surface area contributed by atoms with Crippen LogP contribution in [0.25, 0.3) is 27.8 Å². The minimum absolute atomic E-state index is 0.119. The number of hydrogen-bond donors (Lipinski definition) is 1. The summed E-state index contributed by atoms with van der Waals surface area (Å²) in [6, 6.07) is 25.2. The fourth-order valence-electron chi connectivity index (χ4n) is 3.78. The van der Waals surface area contributed by atoms with Gasteiger partial charge in [-0.1, -0.05) is 65.8 Å². The lowest BCUT2D eigenvalue weighted by Gasteiger charge is -2.10. The number of carbonyl (C=O) groups is 1. The van der Waals surface area contributed by atoms with E-state index in [1.54, 1.807) is 24.5 Å². The van der Waals surface area contributed by atoms with Crippen molar-refractivity contribution in [3.63, 3.8) is 0 Å². The number of fused-ring (bicyclic) bond motifs is 1. The Morgan fingerprint density at radius 1 is 0.972 bits per heavy atom. The van der Waals surface area contributed by atoms with E-state index in [-0.39, 0.29) is 11.7 Å². The topological polar surface area (TPSA) is 85.1 Å². The number of hydrazone groups is 1. The number of hydrogen-bond acceptors (Lipinski definition) is 6. The lowest BCUT2D eigenvalue weighted by Crippen LogP contribution is -2.21. The van der Waals surface area contributed by atoms with Crippen molar-refractivity contribution in [2.24, 2.45) is 5.10 Å². The highest BCUT2D eigenvalue weighted by Gasteiger charge is 2.17. The summed E-state index contributed by atoms with van der Waals surface area (Å²) < 4.78 is 1.90. The molecule has 0 aliphatic rings. The number of carbonyl (C=O) groups excluding carboxylic acids is 1. The molecule has 0 radical (unpaired) electrons. The van der Waals surface area contributed by atoms with Gasteiger partial charge in [-0.15, -0.1) is 10.2 Å². The van der Waals surface area contributed by atoms with E-state index in [2.05, 4.69) is 37.8 Å². The average molecular weight is 513 g/mol. The van der Waals surface area contributed by atoms with Crippen LogP contribution in [0.5, 0.6) is 0 Å². The summed E-state index contributed by atoms with van der Waals surface area (Å²) in [6.07, 6.45) is 3.40. The standard InChI is InChI=1S/C27H21ClN6OS/c1-18(23-8-4-6-19-5-2-3-7-24(19)23)30-31-25(35)17-36-27-33-32-26(20-13-15-29-16-14-20)34(27)22-11-9-21(28)10-12-22/h2-16H,17H2,1H3,(H,31,35). The van der Waals surface area contributed by atoms with Crippen LogP contribution in [0.15, 0.2) is 102 Å². The normalized spacial score (nSPS) is 11.6. The van der Waals surface area contributed by atoms with Crippen LogP contribution in [0.4, 0.5) is 0 Å². The number of nitrogens with one attached hydrogen (secondary N) is 1. The number of rotatable bonds is 7. The second kappa shape index (κ2) is 10.7. The molecule has 0 atom stereocenters. The Bertz CT molecular complexity index is 1540. The Kier molecular flexibility index (Phi) is 7.06. The molecule has 178 valence electrons. The van der Waals surface area contributed by atoms with E-state index in [9.17, 15) is 4.79 Å². The number of thioether (sulfide) groups is 1. The highest BCUT2D eigenvalue weighted by molar-refractivity contribution is 7.99. The van der Waals surface area contributed by atoms with Crippen LogP contribution >= 0.6 is 23.4 Å². The number of aromatic nitrogens is 4. The van der Waals surface area contributed by atoms with E-state index in [1.807, 2.05) is 66.1 Å². The van der Waals surface area contributed by atoms with Gasteiger partial charge in [-0.2, -0.15) is 5.10 Å². The Morgan fingerprint density at radius 3 is 2.53 bits per heavy atom. The van der Waals surface area contributed by atoms with Gasteiger partial charge in [-0.25, -0.2) is 5.43 Å². The molecule has 5 aromatic rings. The third-order valence-electron chi connectivity index (χ3n) is 5.52. The van der Waals surface area contributed by atoms with Gasteiger partial charge in [-0.05, 0) is 54.1 Å². The molecular weight excluding hydrogens is 492 g/mol. The third-order valence-corrected chi connectivity index (χ3v) is 6.70. The third kappa shape index (κ3) is 5.15. The van der Waals surface area contributed by atoms with Crippen molar-refractivity contribution in [3.05, 3.63) is 102 Å². The number of pyridine rings is 1. The molecule has 0 saturated heterocycles. The molecule has 1 N–H and O–H groups in total. The molecule has 0 aliphatic heterocycles. The van der Waals surface area contributed by atoms with Gasteiger partial charge in [0, 0.05) is 34.2 Å². The van der Waals surface area contributed by atoms with Gasteiger partial charge in [0.2, 0.25) is 0 Å². The Labute approximate surface area is 217 Å². The molecule has 9 heteroatoms. The summed E-state index contributed by atoms with van der Waals surface area (Å²) in [6.45, 7) is 1.88. The molecule has 0 saturated carbocycles. The predicted molar refractivity (Wildman–Crippen MR) is 145 cm³/mol. The first-order valence-electron chi connectivity index (χ1n) is 11.2. The second-order valence-electron chi connectivity index (χ2n) is 7.90. The summed E-state index contributed by atoms with van der Waals surface area (Å²) in [7, 11) is 0. The lowest BCUT2D eigenvalue weighted by atomic mass is 10.0. The highest BCUT2D eigenvalue weighted by Crippen LogP contribution is 2.28. The van der Waals surface area contributed by atoms with E-state index in [0.29, 0.717) is 16.0 Å². The Balaban J connectivity index is 1.34. The first kappa shape index (κ1) is 23.7. The molecule has 0 bridgehead atoms. The molecular formula is C27H21ClN6OS. The summed E-state index contributed by atoms with van der Waals surface area (Å²) in [4.78, 5) is 16.7. The van der Waals surface area contributed by atoms with E-state index in [0.717, 1.165) is 33.3 Å². The molecule has 3 aromatic carbocycles. The van der Waals surface area contributed by atoms with Crippen LogP contribution in [0.3, 0.4) is 0 Å². The smallest absolute Gasteiger partial charge is 0.250 e. The first-order chi connectivity index (χ1) is 17.6. The molecule has 36 heavy (non-hydrogen) atoms. The van der Waals surface area contributed by atoms with Crippen LogP contribution in [-0.4, -0.2) is 37.1 Å².